The number of anilines is 1. The van der Waals surface area contributed by atoms with E-state index in [0.29, 0.717) is 25.2 Å². The van der Waals surface area contributed by atoms with Gasteiger partial charge in [0.2, 0.25) is 11.9 Å². The van der Waals surface area contributed by atoms with Crippen molar-refractivity contribution in [2.75, 3.05) is 57.4 Å². The number of carbonyl (C=O) groups is 1. The number of likely N-dealkylation sites (tertiary alicyclic amines) is 1. The van der Waals surface area contributed by atoms with E-state index in [2.05, 4.69) is 19.8 Å². The number of nitrogens with zero attached hydrogens (tertiary/aromatic N) is 5. The Hall–Kier alpha value is -1.73. The van der Waals surface area contributed by atoms with Gasteiger partial charge in [-0.2, -0.15) is 0 Å². The Morgan fingerprint density at radius 3 is 2.63 bits per heavy atom. The van der Waals surface area contributed by atoms with E-state index in [1.165, 1.54) is 0 Å². The Morgan fingerprint density at radius 2 is 1.89 bits per heavy atom. The Bertz CT molecular complexity index is 641. The van der Waals surface area contributed by atoms with Gasteiger partial charge in [-0.3, -0.25) is 9.69 Å². The van der Waals surface area contributed by atoms with Crippen molar-refractivity contribution >= 4 is 11.9 Å². The average Bonchev–Trinajstić information content (AvgIpc) is 2.74. The quantitative estimate of drug-likeness (QED) is 0.797. The summed E-state index contributed by atoms with van der Waals surface area (Å²) in [6, 6.07) is 2.52. The van der Waals surface area contributed by atoms with E-state index in [4.69, 9.17) is 4.74 Å². The molecule has 0 N–H and O–H groups in total. The molecule has 3 fully saturated rings. The maximum atomic E-state index is 12.9. The summed E-state index contributed by atoms with van der Waals surface area (Å²) in [6.45, 7) is 8.91. The highest BCUT2D eigenvalue weighted by atomic mass is 16.5. The molecular formula is C20H31N5O2. The first-order chi connectivity index (χ1) is 13.2. The van der Waals surface area contributed by atoms with Gasteiger partial charge in [-0.05, 0) is 45.2 Å². The lowest BCUT2D eigenvalue weighted by atomic mass is 9.92. The molecule has 0 aromatic carbocycles. The topological polar surface area (TPSA) is 61.8 Å². The zero-order valence-corrected chi connectivity index (χ0v) is 16.3. The molecule has 7 heteroatoms. The number of aromatic nitrogens is 2. The summed E-state index contributed by atoms with van der Waals surface area (Å²) in [6.07, 6.45) is 6.24. The second-order valence-corrected chi connectivity index (χ2v) is 7.99. The molecule has 1 aromatic rings. The van der Waals surface area contributed by atoms with Gasteiger partial charge in [-0.1, -0.05) is 0 Å². The molecule has 27 heavy (non-hydrogen) atoms. The second-order valence-electron chi connectivity index (χ2n) is 7.99. The summed E-state index contributed by atoms with van der Waals surface area (Å²) >= 11 is 0. The van der Waals surface area contributed by atoms with Crippen molar-refractivity contribution in [3.05, 3.63) is 18.0 Å². The zero-order chi connectivity index (χ0) is 18.6. The first-order valence-electron chi connectivity index (χ1n) is 10.4. The largest absolute Gasteiger partial charge is 0.378 e. The number of aryl methyl sites for hydroxylation is 1. The lowest BCUT2D eigenvalue weighted by Gasteiger charge is -2.43. The monoisotopic (exact) mass is 373 g/mol. The number of hydrogen-bond acceptors (Lipinski definition) is 6. The maximum absolute atomic E-state index is 12.9. The van der Waals surface area contributed by atoms with Crippen molar-refractivity contribution in [3.8, 4) is 0 Å². The lowest BCUT2D eigenvalue weighted by molar-refractivity contribution is -0.141. The Labute approximate surface area is 161 Å². The molecule has 0 radical (unpaired) electrons. The number of carbonyl (C=O) groups excluding carboxylic acids is 1. The van der Waals surface area contributed by atoms with E-state index in [1.54, 1.807) is 0 Å². The fourth-order valence-electron chi connectivity index (χ4n) is 4.60. The molecule has 1 amide bonds. The fourth-order valence-corrected chi connectivity index (χ4v) is 4.60. The van der Waals surface area contributed by atoms with E-state index in [-0.39, 0.29) is 5.92 Å². The van der Waals surface area contributed by atoms with Crippen molar-refractivity contribution in [1.29, 1.82) is 0 Å². The van der Waals surface area contributed by atoms with Gasteiger partial charge in [0.25, 0.3) is 0 Å². The number of piperidine rings is 2. The zero-order valence-electron chi connectivity index (χ0n) is 16.3. The van der Waals surface area contributed by atoms with Gasteiger partial charge in [0, 0.05) is 50.7 Å². The number of rotatable bonds is 3. The van der Waals surface area contributed by atoms with Gasteiger partial charge in [0.1, 0.15) is 0 Å². The minimum absolute atomic E-state index is 0.162. The molecule has 148 valence electrons. The third-order valence-electron chi connectivity index (χ3n) is 6.17. The molecule has 7 nitrogen and oxygen atoms in total. The van der Waals surface area contributed by atoms with Crippen molar-refractivity contribution in [2.45, 2.75) is 38.6 Å². The highest BCUT2D eigenvalue weighted by Gasteiger charge is 2.34. The number of amides is 1. The van der Waals surface area contributed by atoms with Gasteiger partial charge >= 0.3 is 0 Å². The molecule has 1 unspecified atom stereocenters. The summed E-state index contributed by atoms with van der Waals surface area (Å²) in [5, 5.41) is 0. The van der Waals surface area contributed by atoms with Gasteiger partial charge in [0.05, 0.1) is 19.1 Å². The Morgan fingerprint density at radius 1 is 1.11 bits per heavy atom. The van der Waals surface area contributed by atoms with Crippen LogP contribution in [0.3, 0.4) is 0 Å². The molecule has 0 spiro atoms. The highest BCUT2D eigenvalue weighted by molar-refractivity contribution is 5.79. The van der Waals surface area contributed by atoms with Crippen LogP contribution in [0, 0.1) is 12.8 Å². The van der Waals surface area contributed by atoms with Gasteiger partial charge < -0.3 is 14.5 Å². The summed E-state index contributed by atoms with van der Waals surface area (Å²) < 4.78 is 5.39. The molecule has 3 saturated heterocycles. The standard InChI is InChI=1S/C20H31N5O2/c1-16-4-7-21-20(22-16)24-9-5-18(6-10-24)25-8-2-3-17(15-25)19(26)23-11-13-27-14-12-23/h4,7,17-18H,2-3,5-6,8-15H2,1H3. The third-order valence-corrected chi connectivity index (χ3v) is 6.17. The van der Waals surface area contributed by atoms with Crippen molar-refractivity contribution in [1.82, 2.24) is 19.8 Å². The first kappa shape index (κ1) is 18.6. The SMILES string of the molecule is Cc1ccnc(N2CCC(N3CCCC(C(=O)N4CCOCC4)C3)CC2)n1. The van der Waals surface area contributed by atoms with Gasteiger partial charge in [-0.25, -0.2) is 9.97 Å². The van der Waals surface area contributed by atoms with Crippen LogP contribution in [0.25, 0.3) is 0 Å². The van der Waals surface area contributed by atoms with Crippen LogP contribution < -0.4 is 4.90 Å². The summed E-state index contributed by atoms with van der Waals surface area (Å²) in [7, 11) is 0. The molecule has 3 aliphatic heterocycles. The van der Waals surface area contributed by atoms with Crippen molar-refractivity contribution < 1.29 is 9.53 Å². The molecule has 0 bridgehead atoms. The summed E-state index contributed by atoms with van der Waals surface area (Å²) in [4.78, 5) is 28.7. The Balaban J connectivity index is 1.31. The first-order valence-corrected chi connectivity index (χ1v) is 10.4. The normalized spacial score (nSPS) is 25.6. The van der Waals surface area contributed by atoms with Crippen LogP contribution in [0.15, 0.2) is 12.3 Å². The molecule has 4 heterocycles. The van der Waals surface area contributed by atoms with Crippen LogP contribution in [0.4, 0.5) is 5.95 Å². The molecule has 1 aromatic heterocycles. The smallest absolute Gasteiger partial charge is 0.227 e. The van der Waals surface area contributed by atoms with E-state index in [1.807, 2.05) is 24.1 Å². The van der Waals surface area contributed by atoms with Crippen LogP contribution in [0.2, 0.25) is 0 Å². The van der Waals surface area contributed by atoms with Crippen LogP contribution in [-0.4, -0.2) is 84.2 Å². The predicted octanol–water partition coefficient (Wildman–Crippen LogP) is 1.32. The van der Waals surface area contributed by atoms with E-state index >= 15 is 0 Å². The molecule has 4 rings (SSSR count). The maximum Gasteiger partial charge on any atom is 0.227 e. The van der Waals surface area contributed by atoms with Gasteiger partial charge in [0.15, 0.2) is 0 Å². The summed E-state index contributed by atoms with van der Waals surface area (Å²) in [5.41, 5.74) is 1.02. The minimum atomic E-state index is 0.162. The van der Waals surface area contributed by atoms with Crippen LogP contribution in [-0.2, 0) is 9.53 Å². The second kappa shape index (κ2) is 8.52. The predicted molar refractivity (Wildman–Crippen MR) is 104 cm³/mol. The number of ether oxygens (including phenoxy) is 1. The Kier molecular flexibility index (Phi) is 5.88. The van der Waals surface area contributed by atoms with Crippen LogP contribution >= 0.6 is 0 Å². The number of morpholine rings is 1. The van der Waals surface area contributed by atoms with E-state index in [9.17, 15) is 4.79 Å². The summed E-state index contributed by atoms with van der Waals surface area (Å²) in [5.74, 6) is 1.36. The minimum Gasteiger partial charge on any atom is -0.378 e. The average molecular weight is 374 g/mol. The molecule has 0 aliphatic carbocycles. The van der Waals surface area contributed by atoms with E-state index in [0.717, 1.165) is 76.6 Å². The van der Waals surface area contributed by atoms with Crippen LogP contribution in [0.1, 0.15) is 31.4 Å². The van der Waals surface area contributed by atoms with Gasteiger partial charge in [-0.15, -0.1) is 0 Å². The highest BCUT2D eigenvalue weighted by Crippen LogP contribution is 2.26. The van der Waals surface area contributed by atoms with E-state index < -0.39 is 0 Å². The van der Waals surface area contributed by atoms with Crippen LogP contribution in [0.5, 0.6) is 0 Å². The molecule has 0 saturated carbocycles. The fraction of sp³-hybridized carbons (Fsp3) is 0.750. The third kappa shape index (κ3) is 4.41. The lowest BCUT2D eigenvalue weighted by Crippen LogP contribution is -2.52. The van der Waals surface area contributed by atoms with Crippen molar-refractivity contribution in [2.24, 2.45) is 5.92 Å². The molecular weight excluding hydrogens is 342 g/mol. The molecule has 1 atom stereocenters. The molecule has 3 aliphatic rings. The van der Waals surface area contributed by atoms with Crippen molar-refractivity contribution in [3.63, 3.8) is 0 Å². The number of hydrogen-bond donors (Lipinski definition) is 0.